The number of carboxylic acid groups (broad SMARTS) is 1. The zero-order valence-electron chi connectivity index (χ0n) is 10.8. The molecular formula is C10H19N3O4S. The fourth-order valence-corrected chi connectivity index (χ4v) is 2.84. The first kappa shape index (κ1) is 16.8. The Morgan fingerprint density at radius 1 is 1.50 bits per heavy atom. The maximum absolute atomic E-state index is 11.9. The second-order valence-electron chi connectivity index (χ2n) is 4.08. The van der Waals surface area contributed by atoms with Gasteiger partial charge in [-0.1, -0.05) is 20.8 Å². The van der Waals surface area contributed by atoms with E-state index in [9.17, 15) is 13.2 Å². The summed E-state index contributed by atoms with van der Waals surface area (Å²) in [5.74, 6) is -1.59. The number of nitrogens with zero attached hydrogens (tertiary/aromatic N) is 2. The molecule has 0 fully saturated rings. The first-order valence-corrected chi connectivity index (χ1v) is 7.07. The molecule has 0 saturated heterocycles. The third-order valence-electron chi connectivity index (χ3n) is 2.37. The monoisotopic (exact) mass is 277 g/mol. The normalized spacial score (nSPS) is 13.6. The zero-order chi connectivity index (χ0) is 14.3. The lowest BCUT2D eigenvalue weighted by Crippen LogP contribution is -2.50. The molecule has 7 nitrogen and oxygen atoms in total. The minimum Gasteiger partial charge on any atom is -0.480 e. The van der Waals surface area contributed by atoms with Crippen LogP contribution < -0.4 is 4.72 Å². The predicted molar refractivity (Wildman–Crippen MR) is 65.8 cm³/mol. The number of rotatable bonds is 8. The summed E-state index contributed by atoms with van der Waals surface area (Å²) in [6, 6.07) is 0.678. The van der Waals surface area contributed by atoms with E-state index < -0.39 is 22.2 Å². The summed E-state index contributed by atoms with van der Waals surface area (Å²) in [6.07, 6.45) is 0.0637. The molecule has 1 atom stereocenters. The Labute approximate surface area is 108 Å². The van der Waals surface area contributed by atoms with Crippen LogP contribution in [0.4, 0.5) is 0 Å². The third kappa shape index (κ3) is 5.00. The summed E-state index contributed by atoms with van der Waals surface area (Å²) in [5.41, 5.74) is 0. The van der Waals surface area contributed by atoms with E-state index in [1.807, 2.05) is 6.07 Å². The quantitative estimate of drug-likeness (QED) is 0.657. The summed E-state index contributed by atoms with van der Waals surface area (Å²) >= 11 is 0. The Morgan fingerprint density at radius 2 is 2.06 bits per heavy atom. The Kier molecular flexibility index (Phi) is 6.83. The number of carbonyl (C=O) groups is 1. The summed E-state index contributed by atoms with van der Waals surface area (Å²) in [7, 11) is -3.88. The largest absolute Gasteiger partial charge is 0.480 e. The van der Waals surface area contributed by atoms with E-state index in [2.05, 4.69) is 4.72 Å². The third-order valence-corrected chi connectivity index (χ3v) is 4.05. The minimum absolute atomic E-state index is 0.0484. The average molecular weight is 277 g/mol. The second kappa shape index (κ2) is 7.31. The van der Waals surface area contributed by atoms with Gasteiger partial charge in [0.1, 0.15) is 6.04 Å². The van der Waals surface area contributed by atoms with Gasteiger partial charge < -0.3 is 5.11 Å². The minimum atomic E-state index is -3.88. The van der Waals surface area contributed by atoms with Gasteiger partial charge in [-0.2, -0.15) is 22.7 Å². The molecule has 0 rings (SSSR count). The molecule has 0 radical (unpaired) electrons. The van der Waals surface area contributed by atoms with Crippen LogP contribution in [0.2, 0.25) is 0 Å². The van der Waals surface area contributed by atoms with Crippen LogP contribution >= 0.6 is 0 Å². The number of carboxylic acids is 1. The number of aliphatic carboxylic acids is 1. The summed E-state index contributed by atoms with van der Waals surface area (Å²) in [4.78, 5) is 10.9. The molecule has 0 heterocycles. The van der Waals surface area contributed by atoms with Crippen LogP contribution in [-0.4, -0.2) is 42.9 Å². The summed E-state index contributed by atoms with van der Waals surface area (Å²) < 4.78 is 27.0. The molecule has 0 aliphatic heterocycles. The van der Waals surface area contributed by atoms with Crippen LogP contribution in [0.15, 0.2) is 0 Å². The molecule has 0 amide bonds. The number of hydrogen-bond donors (Lipinski definition) is 2. The van der Waals surface area contributed by atoms with Crippen molar-refractivity contribution in [1.82, 2.24) is 9.03 Å². The van der Waals surface area contributed by atoms with E-state index in [0.717, 1.165) is 4.31 Å². The fraction of sp³-hybridized carbons (Fsp3) is 0.800. The number of nitrogens with one attached hydrogen (secondary N) is 1. The van der Waals surface area contributed by atoms with Gasteiger partial charge in [0, 0.05) is 19.5 Å². The molecule has 0 aromatic rings. The Morgan fingerprint density at radius 3 is 2.39 bits per heavy atom. The highest BCUT2D eigenvalue weighted by Gasteiger charge is 2.30. The van der Waals surface area contributed by atoms with Gasteiger partial charge in [0.15, 0.2) is 0 Å². The number of nitriles is 1. The van der Waals surface area contributed by atoms with Crippen molar-refractivity contribution in [3.63, 3.8) is 0 Å². The van der Waals surface area contributed by atoms with Crippen LogP contribution in [0.5, 0.6) is 0 Å². The van der Waals surface area contributed by atoms with Crippen molar-refractivity contribution in [3.8, 4) is 6.07 Å². The molecule has 0 saturated carbocycles. The van der Waals surface area contributed by atoms with Gasteiger partial charge in [-0.15, -0.1) is 0 Å². The van der Waals surface area contributed by atoms with E-state index >= 15 is 0 Å². The van der Waals surface area contributed by atoms with Crippen LogP contribution in [0.1, 0.15) is 27.2 Å². The topological polar surface area (TPSA) is 111 Å². The van der Waals surface area contributed by atoms with E-state index in [4.69, 9.17) is 10.4 Å². The molecule has 0 aliphatic carbocycles. The van der Waals surface area contributed by atoms with Crippen molar-refractivity contribution in [1.29, 1.82) is 5.26 Å². The first-order valence-electron chi connectivity index (χ1n) is 5.63. The smallest absolute Gasteiger partial charge is 0.322 e. The maximum atomic E-state index is 11.9. The van der Waals surface area contributed by atoms with Crippen LogP contribution in [0.3, 0.4) is 0 Å². The van der Waals surface area contributed by atoms with Crippen molar-refractivity contribution >= 4 is 16.2 Å². The van der Waals surface area contributed by atoms with Gasteiger partial charge in [0.2, 0.25) is 0 Å². The molecule has 8 heteroatoms. The van der Waals surface area contributed by atoms with E-state index in [1.54, 1.807) is 20.8 Å². The molecule has 0 aliphatic rings. The molecule has 104 valence electrons. The molecule has 0 aromatic carbocycles. The molecule has 0 aromatic heterocycles. The number of hydrogen-bond acceptors (Lipinski definition) is 4. The first-order chi connectivity index (χ1) is 8.26. The fourth-order valence-electron chi connectivity index (χ4n) is 1.33. The van der Waals surface area contributed by atoms with Gasteiger partial charge in [0.25, 0.3) is 10.2 Å². The lowest BCUT2D eigenvalue weighted by molar-refractivity contribution is -0.140. The van der Waals surface area contributed by atoms with E-state index in [0.29, 0.717) is 0 Å². The van der Waals surface area contributed by atoms with E-state index in [-0.39, 0.29) is 25.4 Å². The highest BCUT2D eigenvalue weighted by molar-refractivity contribution is 7.87. The zero-order valence-corrected chi connectivity index (χ0v) is 11.6. The molecular weight excluding hydrogens is 258 g/mol. The van der Waals surface area contributed by atoms with Gasteiger partial charge in [-0.3, -0.25) is 4.79 Å². The van der Waals surface area contributed by atoms with Crippen molar-refractivity contribution in [2.45, 2.75) is 33.2 Å². The molecule has 18 heavy (non-hydrogen) atoms. The Bertz CT molecular complexity index is 413. The highest BCUT2D eigenvalue weighted by Crippen LogP contribution is 2.07. The lowest BCUT2D eigenvalue weighted by Gasteiger charge is -2.24. The molecule has 0 bridgehead atoms. The van der Waals surface area contributed by atoms with E-state index in [1.165, 1.54) is 0 Å². The van der Waals surface area contributed by atoms with Gasteiger partial charge in [-0.05, 0) is 5.92 Å². The van der Waals surface area contributed by atoms with Crippen LogP contribution in [-0.2, 0) is 15.0 Å². The maximum Gasteiger partial charge on any atom is 0.322 e. The second-order valence-corrected chi connectivity index (χ2v) is 5.78. The van der Waals surface area contributed by atoms with Gasteiger partial charge in [-0.25, -0.2) is 0 Å². The van der Waals surface area contributed by atoms with Gasteiger partial charge in [0.05, 0.1) is 6.07 Å². The SMILES string of the molecule is CCN(CCC#N)S(=O)(=O)N[C@H](C(=O)O)C(C)C. The predicted octanol–water partition coefficient (Wildman–Crippen LogP) is 0.166. The van der Waals surface area contributed by atoms with Crippen molar-refractivity contribution in [3.05, 3.63) is 0 Å². The van der Waals surface area contributed by atoms with Crippen molar-refractivity contribution in [2.75, 3.05) is 13.1 Å². The van der Waals surface area contributed by atoms with Crippen LogP contribution in [0.25, 0.3) is 0 Å². The average Bonchev–Trinajstić information content (AvgIpc) is 2.26. The highest BCUT2D eigenvalue weighted by atomic mass is 32.2. The Hall–Kier alpha value is -1.17. The Balaban J connectivity index is 4.91. The van der Waals surface area contributed by atoms with Gasteiger partial charge >= 0.3 is 5.97 Å². The van der Waals surface area contributed by atoms with Crippen molar-refractivity contribution in [2.24, 2.45) is 5.92 Å². The molecule has 0 unspecified atom stereocenters. The lowest BCUT2D eigenvalue weighted by atomic mass is 10.1. The van der Waals surface area contributed by atoms with Crippen molar-refractivity contribution < 1.29 is 18.3 Å². The van der Waals surface area contributed by atoms with Crippen LogP contribution in [0, 0.1) is 17.2 Å². The molecule has 2 N–H and O–H groups in total. The standard InChI is InChI=1S/C10H19N3O4S/c1-4-13(7-5-6-11)18(16,17)12-9(8(2)3)10(14)15/h8-9,12H,4-5,7H2,1-3H3,(H,14,15)/t9-/m0/s1. The summed E-state index contributed by atoms with van der Waals surface area (Å²) in [6.45, 7) is 5.09. The molecule has 0 spiro atoms. The summed E-state index contributed by atoms with van der Waals surface area (Å²) in [5, 5.41) is 17.4.